The summed E-state index contributed by atoms with van der Waals surface area (Å²) < 4.78 is 0. The van der Waals surface area contributed by atoms with E-state index in [1.54, 1.807) is 0 Å². The van der Waals surface area contributed by atoms with Gasteiger partial charge < -0.3 is 10.6 Å². The van der Waals surface area contributed by atoms with Crippen molar-refractivity contribution in [2.75, 3.05) is 19.5 Å². The van der Waals surface area contributed by atoms with E-state index in [2.05, 4.69) is 15.8 Å². The van der Waals surface area contributed by atoms with Crippen molar-refractivity contribution in [3.05, 3.63) is 29.8 Å². The van der Waals surface area contributed by atoms with Crippen molar-refractivity contribution in [1.29, 1.82) is 0 Å². The van der Waals surface area contributed by atoms with Crippen LogP contribution >= 0.6 is 0 Å². The van der Waals surface area contributed by atoms with Gasteiger partial charge in [0.1, 0.15) is 0 Å². The Bertz CT molecular complexity index is 321. The lowest BCUT2D eigenvalue weighted by Gasteiger charge is -2.10. The summed E-state index contributed by atoms with van der Waals surface area (Å²) in [5, 5.41) is 0. The lowest BCUT2D eigenvalue weighted by molar-refractivity contribution is 0.250. The number of carbonyl (C=O) groups is 1. The fraction of sp³-hybridized carbons (Fsp3) is 0.300. The molecule has 0 radical (unpaired) electrons. The lowest BCUT2D eigenvalue weighted by Crippen LogP contribution is -2.34. The summed E-state index contributed by atoms with van der Waals surface area (Å²) in [7, 11) is 4.03. The Morgan fingerprint density at radius 3 is 2.40 bits per heavy atom. The van der Waals surface area contributed by atoms with E-state index < -0.39 is 6.03 Å². The van der Waals surface area contributed by atoms with Crippen molar-refractivity contribution in [2.45, 2.75) is 6.54 Å². The van der Waals surface area contributed by atoms with Gasteiger partial charge in [-0.05, 0) is 31.8 Å². The predicted molar refractivity (Wildman–Crippen MR) is 60.2 cm³/mol. The van der Waals surface area contributed by atoms with Crippen LogP contribution in [-0.2, 0) is 6.54 Å². The van der Waals surface area contributed by atoms with Gasteiger partial charge in [0.25, 0.3) is 0 Å². The minimum atomic E-state index is -0.604. The van der Waals surface area contributed by atoms with Gasteiger partial charge in [-0.15, -0.1) is 0 Å². The van der Waals surface area contributed by atoms with E-state index in [1.807, 2.05) is 38.4 Å². The van der Waals surface area contributed by atoms with Crippen LogP contribution < -0.4 is 16.6 Å². The molecular formula is C10H16N4O. The first-order valence-electron chi connectivity index (χ1n) is 4.63. The summed E-state index contributed by atoms with van der Waals surface area (Å²) in [6, 6.07) is 7.15. The lowest BCUT2D eigenvalue weighted by atomic mass is 10.2. The summed E-state index contributed by atoms with van der Waals surface area (Å²) in [5.41, 5.74) is 11.9. The highest BCUT2D eigenvalue weighted by molar-refractivity contribution is 5.73. The Morgan fingerprint density at radius 2 is 1.93 bits per heavy atom. The summed E-state index contributed by atoms with van der Waals surface area (Å²) in [5.74, 6) is 0. The first-order valence-corrected chi connectivity index (χ1v) is 4.63. The van der Waals surface area contributed by atoms with E-state index in [-0.39, 0.29) is 0 Å². The van der Waals surface area contributed by atoms with Gasteiger partial charge in [-0.2, -0.15) is 0 Å². The first-order chi connectivity index (χ1) is 7.08. The molecule has 0 bridgehead atoms. The van der Waals surface area contributed by atoms with Crippen molar-refractivity contribution in [3.63, 3.8) is 0 Å². The number of carbonyl (C=O) groups excluding carboxylic acids is 1. The second-order valence-corrected chi connectivity index (χ2v) is 3.55. The van der Waals surface area contributed by atoms with Crippen LogP contribution in [-0.4, -0.2) is 25.0 Å². The number of rotatable bonds is 4. The molecule has 1 aromatic carbocycles. The molecule has 15 heavy (non-hydrogen) atoms. The molecule has 0 saturated heterocycles. The maximum absolute atomic E-state index is 10.4. The van der Waals surface area contributed by atoms with Crippen LogP contribution in [0.25, 0.3) is 0 Å². The van der Waals surface area contributed by atoms with E-state index in [0.717, 1.165) is 12.2 Å². The van der Waals surface area contributed by atoms with Crippen LogP contribution in [0, 0.1) is 0 Å². The van der Waals surface area contributed by atoms with Gasteiger partial charge in [0.15, 0.2) is 0 Å². The molecule has 0 heterocycles. The second-order valence-electron chi connectivity index (χ2n) is 3.55. The molecule has 1 aromatic rings. The number of primary amides is 1. The fourth-order valence-electron chi connectivity index (χ4n) is 1.19. The largest absolute Gasteiger partial charge is 0.350 e. The summed E-state index contributed by atoms with van der Waals surface area (Å²) in [6.45, 7) is 0.892. The van der Waals surface area contributed by atoms with E-state index >= 15 is 0 Å². The number of hydrazine groups is 1. The number of hydrogen-bond acceptors (Lipinski definition) is 3. The van der Waals surface area contributed by atoms with Gasteiger partial charge in [0.05, 0.1) is 5.69 Å². The average molecular weight is 208 g/mol. The molecule has 0 unspecified atom stereocenters. The van der Waals surface area contributed by atoms with Crippen molar-refractivity contribution < 1.29 is 4.79 Å². The topological polar surface area (TPSA) is 70.4 Å². The molecule has 0 saturated carbocycles. The molecular weight excluding hydrogens is 192 g/mol. The Kier molecular flexibility index (Phi) is 3.93. The number of nitrogens with zero attached hydrogens (tertiary/aromatic N) is 1. The average Bonchev–Trinajstić information content (AvgIpc) is 2.16. The number of nitrogens with one attached hydrogen (secondary N) is 2. The highest BCUT2D eigenvalue weighted by Gasteiger charge is 1.96. The monoisotopic (exact) mass is 208 g/mol. The van der Waals surface area contributed by atoms with Gasteiger partial charge >= 0.3 is 6.03 Å². The second kappa shape index (κ2) is 5.21. The number of hydrogen-bond donors (Lipinski definition) is 3. The van der Waals surface area contributed by atoms with Gasteiger partial charge in [0.2, 0.25) is 0 Å². The Balaban J connectivity index is 2.52. The maximum Gasteiger partial charge on any atom is 0.330 e. The Hall–Kier alpha value is -1.75. The zero-order valence-corrected chi connectivity index (χ0v) is 8.95. The van der Waals surface area contributed by atoms with Crippen LogP contribution in [0.1, 0.15) is 5.56 Å². The number of anilines is 1. The van der Waals surface area contributed by atoms with Crippen LogP contribution in [0.5, 0.6) is 0 Å². The number of benzene rings is 1. The van der Waals surface area contributed by atoms with Crippen molar-refractivity contribution >= 4 is 11.7 Å². The minimum Gasteiger partial charge on any atom is -0.350 e. The molecule has 0 spiro atoms. The van der Waals surface area contributed by atoms with Crippen molar-refractivity contribution in [3.8, 4) is 0 Å². The van der Waals surface area contributed by atoms with Crippen molar-refractivity contribution in [1.82, 2.24) is 10.3 Å². The van der Waals surface area contributed by atoms with Crippen LogP contribution in [0.2, 0.25) is 0 Å². The fourth-order valence-corrected chi connectivity index (χ4v) is 1.19. The highest BCUT2D eigenvalue weighted by atomic mass is 16.2. The summed E-state index contributed by atoms with van der Waals surface area (Å²) in [6.07, 6.45) is 0. The van der Waals surface area contributed by atoms with E-state index in [1.165, 1.54) is 5.56 Å². The molecule has 5 heteroatoms. The zero-order valence-electron chi connectivity index (χ0n) is 8.95. The van der Waals surface area contributed by atoms with E-state index in [9.17, 15) is 4.79 Å². The molecule has 82 valence electrons. The standard InChI is InChI=1S/C10H16N4O/c1-14(2)7-8-3-5-9(6-4-8)12-13-10(11)15/h3-6,12H,7H2,1-2H3,(H3,11,13,15). The van der Waals surface area contributed by atoms with E-state index in [4.69, 9.17) is 5.73 Å². The molecule has 2 amide bonds. The summed E-state index contributed by atoms with van der Waals surface area (Å²) >= 11 is 0. The number of urea groups is 1. The third-order valence-corrected chi connectivity index (χ3v) is 1.78. The molecule has 5 nitrogen and oxygen atoms in total. The highest BCUT2D eigenvalue weighted by Crippen LogP contribution is 2.09. The molecule has 0 aliphatic heterocycles. The maximum atomic E-state index is 10.4. The molecule has 0 fully saturated rings. The molecule has 0 atom stereocenters. The Labute approximate surface area is 89.2 Å². The third-order valence-electron chi connectivity index (χ3n) is 1.78. The number of nitrogens with two attached hydrogens (primary N) is 1. The smallest absolute Gasteiger partial charge is 0.330 e. The van der Waals surface area contributed by atoms with Crippen LogP contribution in [0.15, 0.2) is 24.3 Å². The summed E-state index contributed by atoms with van der Waals surface area (Å²) in [4.78, 5) is 12.5. The minimum absolute atomic E-state index is 0.604. The molecule has 4 N–H and O–H groups in total. The molecule has 0 aromatic heterocycles. The molecule has 0 aliphatic rings. The quantitative estimate of drug-likeness (QED) is 0.639. The predicted octanol–water partition coefficient (Wildman–Crippen LogP) is 0.743. The van der Waals surface area contributed by atoms with Gasteiger partial charge in [0, 0.05) is 6.54 Å². The van der Waals surface area contributed by atoms with Crippen molar-refractivity contribution in [2.24, 2.45) is 5.73 Å². The normalized spacial score (nSPS) is 10.1. The van der Waals surface area contributed by atoms with E-state index in [0.29, 0.717) is 0 Å². The zero-order chi connectivity index (χ0) is 11.3. The Morgan fingerprint density at radius 1 is 1.33 bits per heavy atom. The molecule has 1 rings (SSSR count). The molecule has 0 aliphatic carbocycles. The first kappa shape index (κ1) is 11.3. The van der Waals surface area contributed by atoms with Crippen LogP contribution in [0.4, 0.5) is 10.5 Å². The SMILES string of the molecule is CN(C)Cc1ccc(NNC(N)=O)cc1. The van der Waals surface area contributed by atoms with Crippen LogP contribution in [0.3, 0.4) is 0 Å². The number of amides is 2. The third kappa shape index (κ3) is 4.33. The van der Waals surface area contributed by atoms with Gasteiger partial charge in [-0.3, -0.25) is 10.9 Å². The van der Waals surface area contributed by atoms with Gasteiger partial charge in [-0.25, -0.2) is 4.79 Å². The van der Waals surface area contributed by atoms with Gasteiger partial charge in [-0.1, -0.05) is 12.1 Å².